The molecule has 1 unspecified atom stereocenters. The molecule has 0 aliphatic rings. The van der Waals surface area contributed by atoms with Gasteiger partial charge >= 0.3 is 0 Å². The van der Waals surface area contributed by atoms with E-state index in [1.54, 1.807) is 11.3 Å². The molecule has 0 bridgehead atoms. The molecule has 5 heteroatoms. The van der Waals surface area contributed by atoms with Crippen molar-refractivity contribution in [2.45, 2.75) is 39.2 Å². The highest BCUT2D eigenvalue weighted by molar-refractivity contribution is 7.12. The van der Waals surface area contributed by atoms with Crippen LogP contribution in [0.25, 0.3) is 0 Å². The molecule has 1 aromatic heterocycles. The Kier molecular flexibility index (Phi) is 7.39. The SMILES string of the molecule is CCNC(CCOCC(F)F)c1ccc(CC)s1. The van der Waals surface area contributed by atoms with E-state index in [0.717, 1.165) is 19.4 Å². The summed E-state index contributed by atoms with van der Waals surface area (Å²) < 4.78 is 28.8. The summed E-state index contributed by atoms with van der Waals surface area (Å²) in [6.07, 6.45) is -0.619. The lowest BCUT2D eigenvalue weighted by molar-refractivity contribution is 0.0145. The maximum atomic E-state index is 11.9. The molecule has 1 atom stereocenters. The average Bonchev–Trinajstić information content (AvgIpc) is 2.81. The van der Waals surface area contributed by atoms with Gasteiger partial charge in [0.1, 0.15) is 6.61 Å². The van der Waals surface area contributed by atoms with Crippen molar-refractivity contribution in [3.63, 3.8) is 0 Å². The van der Waals surface area contributed by atoms with Crippen LogP contribution in [-0.2, 0) is 11.2 Å². The van der Waals surface area contributed by atoms with Crippen LogP contribution in [0.3, 0.4) is 0 Å². The van der Waals surface area contributed by atoms with E-state index in [2.05, 4.69) is 24.4 Å². The quantitative estimate of drug-likeness (QED) is 0.696. The zero-order chi connectivity index (χ0) is 13.4. The summed E-state index contributed by atoms with van der Waals surface area (Å²) >= 11 is 1.78. The number of ether oxygens (including phenoxy) is 1. The number of rotatable bonds is 9. The van der Waals surface area contributed by atoms with Gasteiger partial charge in [0.05, 0.1) is 0 Å². The largest absolute Gasteiger partial charge is 0.375 e. The monoisotopic (exact) mass is 277 g/mol. The molecule has 1 N–H and O–H groups in total. The van der Waals surface area contributed by atoms with Crippen LogP contribution >= 0.6 is 11.3 Å². The molecule has 0 aliphatic carbocycles. The Labute approximate surface area is 111 Å². The predicted octanol–water partition coefficient (Wildman–Crippen LogP) is 3.63. The van der Waals surface area contributed by atoms with Gasteiger partial charge in [0.25, 0.3) is 6.43 Å². The maximum Gasteiger partial charge on any atom is 0.261 e. The smallest absolute Gasteiger partial charge is 0.261 e. The summed E-state index contributed by atoms with van der Waals surface area (Å²) in [6, 6.07) is 4.45. The molecular weight excluding hydrogens is 256 g/mol. The van der Waals surface area contributed by atoms with Crippen LogP contribution in [0.4, 0.5) is 8.78 Å². The highest BCUT2D eigenvalue weighted by atomic mass is 32.1. The molecule has 2 nitrogen and oxygen atoms in total. The molecule has 1 heterocycles. The normalized spacial score (nSPS) is 13.2. The maximum absolute atomic E-state index is 11.9. The molecule has 1 rings (SSSR count). The molecule has 0 amide bonds. The van der Waals surface area contributed by atoms with Crippen molar-refractivity contribution < 1.29 is 13.5 Å². The highest BCUT2D eigenvalue weighted by Gasteiger charge is 2.13. The van der Waals surface area contributed by atoms with E-state index in [4.69, 9.17) is 4.74 Å². The average molecular weight is 277 g/mol. The molecule has 0 spiro atoms. The minimum atomic E-state index is -2.38. The number of nitrogens with one attached hydrogen (secondary N) is 1. The van der Waals surface area contributed by atoms with Gasteiger partial charge in [0, 0.05) is 22.4 Å². The zero-order valence-electron chi connectivity index (χ0n) is 10.9. The van der Waals surface area contributed by atoms with E-state index in [9.17, 15) is 8.78 Å². The highest BCUT2D eigenvalue weighted by Crippen LogP contribution is 2.26. The second kappa shape index (κ2) is 8.56. The Morgan fingerprint density at radius 1 is 1.33 bits per heavy atom. The summed E-state index contributed by atoms with van der Waals surface area (Å²) in [6.45, 7) is 4.93. The lowest BCUT2D eigenvalue weighted by atomic mass is 10.2. The Morgan fingerprint density at radius 3 is 2.67 bits per heavy atom. The number of hydrogen-bond acceptors (Lipinski definition) is 3. The third kappa shape index (κ3) is 5.42. The summed E-state index contributed by atoms with van der Waals surface area (Å²) in [7, 11) is 0. The van der Waals surface area contributed by atoms with Crippen LogP contribution in [0.2, 0.25) is 0 Å². The van der Waals surface area contributed by atoms with Crippen LogP contribution < -0.4 is 5.32 Å². The van der Waals surface area contributed by atoms with Gasteiger partial charge in [-0.25, -0.2) is 8.78 Å². The second-order valence-corrected chi connectivity index (χ2v) is 5.22. The Hall–Kier alpha value is -0.520. The van der Waals surface area contributed by atoms with Crippen molar-refractivity contribution >= 4 is 11.3 Å². The summed E-state index contributed by atoms with van der Waals surface area (Å²) in [5.74, 6) is 0. The lowest BCUT2D eigenvalue weighted by Crippen LogP contribution is -2.22. The third-order valence-electron chi connectivity index (χ3n) is 2.62. The van der Waals surface area contributed by atoms with Gasteiger partial charge in [-0.3, -0.25) is 0 Å². The first kappa shape index (κ1) is 15.5. The molecule has 0 saturated heterocycles. The Morgan fingerprint density at radius 2 is 2.11 bits per heavy atom. The summed E-state index contributed by atoms with van der Waals surface area (Å²) in [5.41, 5.74) is 0. The van der Waals surface area contributed by atoms with Crippen molar-refractivity contribution in [2.24, 2.45) is 0 Å². The van der Waals surface area contributed by atoms with Crippen LogP contribution in [0.15, 0.2) is 12.1 Å². The molecule has 104 valence electrons. The lowest BCUT2D eigenvalue weighted by Gasteiger charge is -2.16. The fourth-order valence-corrected chi connectivity index (χ4v) is 2.80. The number of hydrogen-bond donors (Lipinski definition) is 1. The van der Waals surface area contributed by atoms with Crippen molar-refractivity contribution in [1.29, 1.82) is 0 Å². The Bertz CT molecular complexity index is 331. The number of halogens is 2. The number of aryl methyl sites for hydroxylation is 1. The molecule has 18 heavy (non-hydrogen) atoms. The molecule has 1 aromatic rings. The first-order chi connectivity index (χ1) is 8.67. The predicted molar refractivity (Wildman–Crippen MR) is 71.6 cm³/mol. The summed E-state index contributed by atoms with van der Waals surface area (Å²) in [4.78, 5) is 2.61. The number of alkyl halides is 2. The van der Waals surface area contributed by atoms with Gasteiger partial charge in [-0.1, -0.05) is 13.8 Å². The van der Waals surface area contributed by atoms with Crippen LogP contribution in [0, 0.1) is 0 Å². The van der Waals surface area contributed by atoms with Crippen molar-refractivity contribution in [2.75, 3.05) is 19.8 Å². The van der Waals surface area contributed by atoms with E-state index >= 15 is 0 Å². The van der Waals surface area contributed by atoms with E-state index in [1.165, 1.54) is 9.75 Å². The van der Waals surface area contributed by atoms with Gasteiger partial charge in [-0.15, -0.1) is 11.3 Å². The third-order valence-corrected chi connectivity index (χ3v) is 3.96. The fraction of sp³-hybridized carbons (Fsp3) is 0.692. The van der Waals surface area contributed by atoms with Crippen molar-refractivity contribution in [3.05, 3.63) is 21.9 Å². The molecule has 0 aliphatic heterocycles. The van der Waals surface area contributed by atoms with E-state index in [1.807, 2.05) is 6.92 Å². The molecular formula is C13H21F2NOS. The van der Waals surface area contributed by atoms with Crippen LogP contribution in [0.5, 0.6) is 0 Å². The van der Waals surface area contributed by atoms with Crippen LogP contribution in [-0.4, -0.2) is 26.2 Å². The molecule has 0 radical (unpaired) electrons. The topological polar surface area (TPSA) is 21.3 Å². The first-order valence-electron chi connectivity index (χ1n) is 6.35. The standard InChI is InChI=1S/C13H21F2NOS/c1-3-10-5-6-12(18-10)11(16-4-2)7-8-17-9-13(14)15/h5-6,11,13,16H,3-4,7-9H2,1-2H3. The van der Waals surface area contributed by atoms with Gasteiger partial charge in [0.15, 0.2) is 0 Å². The van der Waals surface area contributed by atoms with Crippen molar-refractivity contribution in [1.82, 2.24) is 5.32 Å². The van der Waals surface area contributed by atoms with Gasteiger partial charge in [0.2, 0.25) is 0 Å². The molecule has 0 saturated carbocycles. The van der Waals surface area contributed by atoms with E-state index < -0.39 is 13.0 Å². The number of thiophene rings is 1. The van der Waals surface area contributed by atoms with Gasteiger partial charge < -0.3 is 10.1 Å². The zero-order valence-corrected chi connectivity index (χ0v) is 11.7. The van der Waals surface area contributed by atoms with Gasteiger partial charge in [-0.2, -0.15) is 0 Å². The summed E-state index contributed by atoms with van der Waals surface area (Å²) in [5, 5.41) is 3.37. The molecule has 0 fully saturated rings. The van der Waals surface area contributed by atoms with E-state index in [0.29, 0.717) is 6.61 Å². The van der Waals surface area contributed by atoms with Crippen molar-refractivity contribution in [3.8, 4) is 0 Å². The minimum Gasteiger partial charge on any atom is -0.375 e. The van der Waals surface area contributed by atoms with Gasteiger partial charge in [-0.05, 0) is 31.5 Å². The fourth-order valence-electron chi connectivity index (χ4n) is 1.74. The second-order valence-electron chi connectivity index (χ2n) is 4.02. The Balaban J connectivity index is 2.43. The minimum absolute atomic E-state index is 0.206. The van der Waals surface area contributed by atoms with E-state index in [-0.39, 0.29) is 6.04 Å². The van der Waals surface area contributed by atoms with Crippen LogP contribution in [0.1, 0.15) is 36.1 Å². The molecule has 0 aromatic carbocycles. The first-order valence-corrected chi connectivity index (χ1v) is 7.16.